The van der Waals surface area contributed by atoms with Crippen molar-refractivity contribution in [1.82, 2.24) is 4.98 Å². The number of hydrogen-bond donors (Lipinski definition) is 2. The van der Waals surface area contributed by atoms with Crippen molar-refractivity contribution in [3.8, 4) is 0 Å². The summed E-state index contributed by atoms with van der Waals surface area (Å²) in [6, 6.07) is 2.65. The lowest BCUT2D eigenvalue weighted by Gasteiger charge is -2.16. The summed E-state index contributed by atoms with van der Waals surface area (Å²) in [5.41, 5.74) is 0.205. The molecule has 1 fully saturated rings. The fourth-order valence-electron chi connectivity index (χ4n) is 1.99. The van der Waals surface area contributed by atoms with Crippen LogP contribution in [0.25, 0.3) is 0 Å². The molecule has 1 saturated heterocycles. The molecule has 6 nitrogen and oxygen atoms in total. The van der Waals surface area contributed by atoms with Gasteiger partial charge in [-0.25, -0.2) is 14.0 Å². The van der Waals surface area contributed by atoms with Crippen LogP contribution in [-0.2, 0) is 19.3 Å². The van der Waals surface area contributed by atoms with Crippen LogP contribution in [0.4, 0.5) is 18.9 Å². The Morgan fingerprint density at radius 1 is 1.50 bits per heavy atom. The molecule has 2 N–H and O–H groups in total. The van der Waals surface area contributed by atoms with Crippen LogP contribution in [0.5, 0.6) is 0 Å². The zero-order chi connectivity index (χ0) is 16.5. The van der Waals surface area contributed by atoms with Crippen LogP contribution in [-0.4, -0.2) is 39.7 Å². The minimum absolute atomic E-state index is 0.0224. The van der Waals surface area contributed by atoms with Crippen LogP contribution in [0.3, 0.4) is 0 Å². The van der Waals surface area contributed by atoms with E-state index in [0.29, 0.717) is 0 Å². The van der Waals surface area contributed by atoms with E-state index in [1.807, 2.05) is 0 Å². The number of nitrogens with zero attached hydrogens (tertiary/aromatic N) is 1. The van der Waals surface area contributed by atoms with Crippen molar-refractivity contribution in [2.24, 2.45) is 0 Å². The number of pyridine rings is 1. The van der Waals surface area contributed by atoms with Crippen LogP contribution in [0.1, 0.15) is 12.8 Å². The van der Waals surface area contributed by atoms with Crippen molar-refractivity contribution in [2.45, 2.75) is 36.3 Å². The van der Waals surface area contributed by atoms with Gasteiger partial charge in [-0.05, 0) is 25.0 Å². The van der Waals surface area contributed by atoms with E-state index in [9.17, 15) is 22.2 Å². The number of aromatic nitrogens is 1. The maximum absolute atomic E-state index is 12.5. The van der Waals surface area contributed by atoms with Crippen molar-refractivity contribution in [3.05, 3.63) is 18.3 Å². The number of carbonyl (C=O) groups is 1. The molecule has 0 radical (unpaired) electrons. The number of nitrogens with one attached hydrogen (secondary N) is 2. The van der Waals surface area contributed by atoms with E-state index >= 15 is 0 Å². The summed E-state index contributed by atoms with van der Waals surface area (Å²) in [4.78, 5) is 15.7. The molecule has 3 unspecified atom stereocenters. The number of hydrogen-bond acceptors (Lipinski definition) is 5. The molecule has 1 aromatic rings. The predicted octanol–water partition coefficient (Wildman–Crippen LogP) is 2.17. The first-order valence-corrected chi connectivity index (χ1v) is 8.27. The first-order chi connectivity index (χ1) is 10.1. The van der Waals surface area contributed by atoms with Crippen molar-refractivity contribution in [2.75, 3.05) is 11.6 Å². The second-order valence-corrected chi connectivity index (χ2v) is 7.05. The highest BCUT2D eigenvalue weighted by Gasteiger charge is 2.47. The normalized spacial score (nSPS) is 24.7. The van der Waals surface area contributed by atoms with E-state index in [-0.39, 0.29) is 23.6 Å². The zero-order valence-corrected chi connectivity index (χ0v) is 12.3. The van der Waals surface area contributed by atoms with Gasteiger partial charge < -0.3 is 10.1 Å². The van der Waals surface area contributed by atoms with Crippen LogP contribution < -0.4 is 5.32 Å². The Bertz CT molecular complexity index is 676. The molecule has 1 amide bonds. The molecule has 22 heavy (non-hydrogen) atoms. The maximum atomic E-state index is 12.5. The smallest absolute Gasteiger partial charge is 0.356 e. The van der Waals surface area contributed by atoms with E-state index in [2.05, 4.69) is 10.3 Å². The Kier molecular flexibility index (Phi) is 4.43. The summed E-state index contributed by atoms with van der Waals surface area (Å²) in [7, 11) is -3.05. The third kappa shape index (κ3) is 3.95. The maximum Gasteiger partial charge on any atom is 0.414 e. The molecular weight excluding hydrogens is 323 g/mol. The zero-order valence-electron chi connectivity index (χ0n) is 11.5. The molecule has 1 aromatic heterocycles. The summed E-state index contributed by atoms with van der Waals surface area (Å²) >= 11 is 0. The second-order valence-electron chi connectivity index (χ2n) is 4.95. The van der Waals surface area contributed by atoms with Crippen molar-refractivity contribution < 1.29 is 26.9 Å². The van der Waals surface area contributed by atoms with Gasteiger partial charge in [0, 0.05) is 18.1 Å². The molecule has 0 spiro atoms. The van der Waals surface area contributed by atoms with Gasteiger partial charge in [0.25, 0.3) is 5.91 Å². The molecule has 0 aromatic carbocycles. The van der Waals surface area contributed by atoms with Crippen LogP contribution in [0, 0.1) is 4.78 Å². The van der Waals surface area contributed by atoms with Gasteiger partial charge in [0.2, 0.25) is 0 Å². The molecule has 1 aliphatic rings. The SMILES string of the molecule is CS(=N)(=O)c1cc(NC(=O)C2CCC(C(F)(F)F)O2)ccn1. The number of ether oxygens (including phenoxy) is 1. The van der Waals surface area contributed by atoms with Crippen LogP contribution in [0.2, 0.25) is 0 Å². The highest BCUT2D eigenvalue weighted by atomic mass is 32.2. The van der Waals surface area contributed by atoms with E-state index in [0.717, 1.165) is 0 Å². The van der Waals surface area contributed by atoms with E-state index in [1.165, 1.54) is 24.6 Å². The molecule has 122 valence electrons. The predicted molar refractivity (Wildman–Crippen MR) is 71.9 cm³/mol. The fraction of sp³-hybridized carbons (Fsp3) is 0.500. The van der Waals surface area contributed by atoms with Gasteiger partial charge in [-0.2, -0.15) is 13.2 Å². The highest BCUT2D eigenvalue weighted by molar-refractivity contribution is 7.91. The average molecular weight is 337 g/mol. The third-order valence-electron chi connectivity index (χ3n) is 3.08. The van der Waals surface area contributed by atoms with E-state index in [4.69, 9.17) is 9.52 Å². The molecule has 10 heteroatoms. The molecule has 0 saturated carbocycles. The Balaban J connectivity index is 2.05. The van der Waals surface area contributed by atoms with Crippen LogP contribution >= 0.6 is 0 Å². The summed E-state index contributed by atoms with van der Waals surface area (Å²) in [5, 5.41) is 2.37. The summed E-state index contributed by atoms with van der Waals surface area (Å²) < 4.78 is 61.2. The highest BCUT2D eigenvalue weighted by Crippen LogP contribution is 2.33. The lowest BCUT2D eigenvalue weighted by Crippen LogP contribution is -2.33. The van der Waals surface area contributed by atoms with Gasteiger partial charge >= 0.3 is 6.18 Å². The van der Waals surface area contributed by atoms with E-state index in [1.54, 1.807) is 0 Å². The molecule has 2 rings (SSSR count). The van der Waals surface area contributed by atoms with Gasteiger partial charge in [-0.3, -0.25) is 4.79 Å². The minimum Gasteiger partial charge on any atom is -0.356 e. The lowest BCUT2D eigenvalue weighted by molar-refractivity contribution is -0.213. The van der Waals surface area contributed by atoms with Gasteiger partial charge in [0.05, 0.1) is 9.73 Å². The second kappa shape index (κ2) is 5.84. The molecule has 2 heterocycles. The number of carbonyl (C=O) groups excluding carboxylic acids is 1. The topological polar surface area (TPSA) is 92.1 Å². The minimum atomic E-state index is -4.49. The quantitative estimate of drug-likeness (QED) is 0.884. The van der Waals surface area contributed by atoms with Crippen LogP contribution in [0.15, 0.2) is 23.4 Å². The molecule has 0 aliphatic carbocycles. The van der Waals surface area contributed by atoms with Crippen molar-refractivity contribution >= 4 is 21.3 Å². The molecular formula is C12H14F3N3O3S. The van der Waals surface area contributed by atoms with Gasteiger partial charge in [0.1, 0.15) is 11.1 Å². The number of rotatable bonds is 3. The monoisotopic (exact) mass is 337 g/mol. The first-order valence-electron chi connectivity index (χ1n) is 6.30. The Morgan fingerprint density at radius 2 is 2.18 bits per heavy atom. The van der Waals surface area contributed by atoms with Gasteiger partial charge in [-0.15, -0.1) is 0 Å². The fourth-order valence-corrected chi connectivity index (χ4v) is 2.61. The summed E-state index contributed by atoms with van der Waals surface area (Å²) in [5.74, 6) is -0.712. The van der Waals surface area contributed by atoms with Gasteiger partial charge in [-0.1, -0.05) is 0 Å². The van der Waals surface area contributed by atoms with Crippen molar-refractivity contribution in [3.63, 3.8) is 0 Å². The summed E-state index contributed by atoms with van der Waals surface area (Å²) in [6.45, 7) is 0. The Hall–Kier alpha value is -1.68. The lowest BCUT2D eigenvalue weighted by atomic mass is 10.2. The average Bonchev–Trinajstić information content (AvgIpc) is 2.87. The largest absolute Gasteiger partial charge is 0.414 e. The third-order valence-corrected chi connectivity index (χ3v) is 4.10. The molecule has 1 aliphatic heterocycles. The molecule has 3 atom stereocenters. The number of halogens is 3. The van der Waals surface area contributed by atoms with Crippen molar-refractivity contribution in [1.29, 1.82) is 4.78 Å². The standard InChI is InChI=1S/C12H14F3N3O3S/c1-22(16,20)10-6-7(4-5-17-10)18-11(19)8-2-3-9(21-8)12(13,14)15/h4-6,8-9,16H,2-3H2,1H3,(H,17,18,19). The van der Waals surface area contributed by atoms with Gasteiger partial charge in [0.15, 0.2) is 6.10 Å². The first kappa shape index (κ1) is 16.7. The number of alkyl halides is 3. The number of amides is 1. The number of anilines is 1. The Morgan fingerprint density at radius 3 is 2.73 bits per heavy atom. The van der Waals surface area contributed by atoms with E-state index < -0.39 is 34.0 Å². The Labute approximate surface area is 125 Å². The summed E-state index contributed by atoms with van der Waals surface area (Å²) in [6.07, 6.45) is -5.47. The molecule has 0 bridgehead atoms.